The Bertz CT molecular complexity index is 476. The van der Waals surface area contributed by atoms with Gasteiger partial charge in [0.05, 0.1) is 12.8 Å². The van der Waals surface area contributed by atoms with Gasteiger partial charge in [-0.1, -0.05) is 0 Å². The van der Waals surface area contributed by atoms with Crippen LogP contribution in [0.25, 0.3) is 0 Å². The number of piperazine rings is 1. The summed E-state index contributed by atoms with van der Waals surface area (Å²) in [6.45, 7) is 5.65. The standard InChI is InChI=1S/C14H28N4O3S/c1-16(12-14(19)17-8-5-15-6-9-17)10-13-4-3-7-18(11-13)22(2,20)21/h13,15H,3-12H2,1-2H3. The van der Waals surface area contributed by atoms with Gasteiger partial charge in [-0.05, 0) is 25.8 Å². The molecular weight excluding hydrogens is 304 g/mol. The van der Waals surface area contributed by atoms with Crippen molar-refractivity contribution in [2.45, 2.75) is 12.8 Å². The highest BCUT2D eigenvalue weighted by Crippen LogP contribution is 2.19. The maximum atomic E-state index is 12.2. The molecule has 0 aromatic carbocycles. The largest absolute Gasteiger partial charge is 0.339 e. The molecule has 2 heterocycles. The fourth-order valence-corrected chi connectivity index (χ4v) is 4.17. The first-order valence-corrected chi connectivity index (χ1v) is 9.83. The van der Waals surface area contributed by atoms with Gasteiger partial charge in [0.2, 0.25) is 15.9 Å². The lowest BCUT2D eigenvalue weighted by atomic mass is 9.99. The van der Waals surface area contributed by atoms with E-state index in [9.17, 15) is 13.2 Å². The third-order valence-electron chi connectivity index (χ3n) is 4.40. The van der Waals surface area contributed by atoms with Gasteiger partial charge in [-0.25, -0.2) is 12.7 Å². The predicted molar refractivity (Wildman–Crippen MR) is 86.1 cm³/mol. The van der Waals surface area contributed by atoms with E-state index in [0.29, 0.717) is 25.6 Å². The van der Waals surface area contributed by atoms with E-state index in [1.807, 2.05) is 16.8 Å². The summed E-state index contributed by atoms with van der Waals surface area (Å²) in [6, 6.07) is 0. The number of sulfonamides is 1. The van der Waals surface area contributed by atoms with Crippen LogP contribution < -0.4 is 5.32 Å². The molecule has 22 heavy (non-hydrogen) atoms. The first kappa shape index (κ1) is 17.7. The highest BCUT2D eigenvalue weighted by atomic mass is 32.2. The number of nitrogens with one attached hydrogen (secondary N) is 1. The predicted octanol–water partition coefficient (Wildman–Crippen LogP) is -0.978. The Hall–Kier alpha value is -0.700. The van der Waals surface area contributed by atoms with E-state index in [4.69, 9.17) is 0 Å². The zero-order chi connectivity index (χ0) is 16.2. The van der Waals surface area contributed by atoms with E-state index >= 15 is 0 Å². The van der Waals surface area contributed by atoms with Crippen LogP contribution >= 0.6 is 0 Å². The van der Waals surface area contributed by atoms with Crippen LogP contribution in [0.5, 0.6) is 0 Å². The van der Waals surface area contributed by atoms with Crippen molar-refractivity contribution in [2.75, 3.05) is 65.7 Å². The molecule has 0 aromatic rings. The minimum absolute atomic E-state index is 0.166. The highest BCUT2D eigenvalue weighted by molar-refractivity contribution is 7.88. The molecule has 1 N–H and O–H groups in total. The Balaban J connectivity index is 1.78. The van der Waals surface area contributed by atoms with Crippen molar-refractivity contribution in [3.05, 3.63) is 0 Å². The summed E-state index contributed by atoms with van der Waals surface area (Å²) >= 11 is 0. The molecular formula is C14H28N4O3S. The summed E-state index contributed by atoms with van der Waals surface area (Å²) < 4.78 is 24.9. The molecule has 8 heteroatoms. The maximum absolute atomic E-state index is 12.2. The van der Waals surface area contributed by atoms with Gasteiger partial charge in [0, 0.05) is 45.8 Å². The molecule has 128 valence electrons. The Morgan fingerprint density at radius 2 is 1.95 bits per heavy atom. The van der Waals surface area contributed by atoms with Gasteiger partial charge < -0.3 is 10.2 Å². The van der Waals surface area contributed by atoms with Gasteiger partial charge in [-0.3, -0.25) is 9.69 Å². The molecule has 0 aromatic heterocycles. The monoisotopic (exact) mass is 332 g/mol. The van der Waals surface area contributed by atoms with Crippen molar-refractivity contribution < 1.29 is 13.2 Å². The highest BCUT2D eigenvalue weighted by Gasteiger charge is 2.27. The van der Waals surface area contributed by atoms with Crippen LogP contribution in [0, 0.1) is 5.92 Å². The minimum atomic E-state index is -3.10. The second kappa shape index (κ2) is 7.72. The number of nitrogens with zero attached hydrogens (tertiary/aromatic N) is 3. The molecule has 1 atom stereocenters. The summed E-state index contributed by atoms with van der Waals surface area (Å²) in [5.74, 6) is 0.476. The average molecular weight is 332 g/mol. The SMILES string of the molecule is CN(CC(=O)N1CCNCC1)CC1CCCN(S(C)(=O)=O)C1. The quantitative estimate of drug-likeness (QED) is 0.701. The van der Waals surface area contributed by atoms with Crippen LogP contribution in [0.4, 0.5) is 0 Å². The van der Waals surface area contributed by atoms with Crippen LogP contribution in [-0.2, 0) is 14.8 Å². The van der Waals surface area contributed by atoms with Crippen LogP contribution in [-0.4, -0.2) is 94.1 Å². The van der Waals surface area contributed by atoms with Crippen molar-refractivity contribution in [3.8, 4) is 0 Å². The summed E-state index contributed by atoms with van der Waals surface area (Å²) in [6.07, 6.45) is 3.20. The number of likely N-dealkylation sites (N-methyl/N-ethyl adjacent to an activating group) is 1. The second-order valence-electron chi connectivity index (χ2n) is 6.46. The van der Waals surface area contributed by atoms with E-state index in [0.717, 1.165) is 45.6 Å². The van der Waals surface area contributed by atoms with E-state index < -0.39 is 10.0 Å². The number of piperidine rings is 1. The maximum Gasteiger partial charge on any atom is 0.236 e. The molecule has 2 saturated heterocycles. The van der Waals surface area contributed by atoms with Gasteiger partial charge in [-0.15, -0.1) is 0 Å². The number of carbonyl (C=O) groups excluding carboxylic acids is 1. The van der Waals surface area contributed by atoms with Crippen molar-refractivity contribution in [2.24, 2.45) is 5.92 Å². The molecule has 2 aliphatic heterocycles. The molecule has 1 unspecified atom stereocenters. The van der Waals surface area contributed by atoms with E-state index in [1.165, 1.54) is 6.26 Å². The van der Waals surface area contributed by atoms with Crippen LogP contribution in [0.2, 0.25) is 0 Å². The lowest BCUT2D eigenvalue weighted by Gasteiger charge is -2.34. The van der Waals surface area contributed by atoms with Crippen molar-refractivity contribution >= 4 is 15.9 Å². The summed E-state index contributed by atoms with van der Waals surface area (Å²) in [5, 5.41) is 3.24. The topological polar surface area (TPSA) is 73.0 Å². The smallest absolute Gasteiger partial charge is 0.236 e. The Labute approximate surface area is 133 Å². The molecule has 2 aliphatic rings. The van der Waals surface area contributed by atoms with Gasteiger partial charge in [0.25, 0.3) is 0 Å². The molecule has 2 fully saturated rings. The number of rotatable bonds is 5. The Kier molecular flexibility index (Phi) is 6.19. The average Bonchev–Trinajstić information content (AvgIpc) is 2.47. The van der Waals surface area contributed by atoms with Gasteiger partial charge in [-0.2, -0.15) is 0 Å². The van der Waals surface area contributed by atoms with Gasteiger partial charge in [0.1, 0.15) is 0 Å². The van der Waals surface area contributed by atoms with Crippen LogP contribution in [0.1, 0.15) is 12.8 Å². The molecule has 0 bridgehead atoms. The molecule has 1 amide bonds. The lowest BCUT2D eigenvalue weighted by Crippen LogP contribution is -2.50. The third-order valence-corrected chi connectivity index (χ3v) is 5.67. The minimum Gasteiger partial charge on any atom is -0.339 e. The number of amides is 1. The van der Waals surface area contributed by atoms with E-state index in [-0.39, 0.29) is 5.91 Å². The molecule has 2 rings (SSSR count). The summed E-state index contributed by atoms with van der Waals surface area (Å²) in [7, 11) is -1.16. The second-order valence-corrected chi connectivity index (χ2v) is 8.44. The van der Waals surface area contributed by atoms with E-state index in [1.54, 1.807) is 4.31 Å². The number of hydrogen-bond donors (Lipinski definition) is 1. The van der Waals surface area contributed by atoms with Crippen molar-refractivity contribution in [3.63, 3.8) is 0 Å². The molecule has 0 spiro atoms. The van der Waals surface area contributed by atoms with Gasteiger partial charge in [0.15, 0.2) is 0 Å². The van der Waals surface area contributed by atoms with Crippen molar-refractivity contribution in [1.29, 1.82) is 0 Å². The first-order chi connectivity index (χ1) is 10.4. The molecule has 0 aliphatic carbocycles. The fraction of sp³-hybridized carbons (Fsp3) is 0.929. The fourth-order valence-electron chi connectivity index (χ4n) is 3.23. The normalized spacial score (nSPS) is 24.7. The number of hydrogen-bond acceptors (Lipinski definition) is 5. The zero-order valence-electron chi connectivity index (χ0n) is 13.6. The van der Waals surface area contributed by atoms with Crippen LogP contribution in [0.3, 0.4) is 0 Å². The molecule has 0 radical (unpaired) electrons. The Morgan fingerprint density at radius 1 is 1.27 bits per heavy atom. The first-order valence-electron chi connectivity index (χ1n) is 7.98. The van der Waals surface area contributed by atoms with Gasteiger partial charge >= 0.3 is 0 Å². The Morgan fingerprint density at radius 3 is 2.59 bits per heavy atom. The third kappa shape index (κ3) is 5.19. The molecule has 7 nitrogen and oxygen atoms in total. The zero-order valence-corrected chi connectivity index (χ0v) is 14.4. The summed E-state index contributed by atoms with van der Waals surface area (Å²) in [5.41, 5.74) is 0. The lowest BCUT2D eigenvalue weighted by molar-refractivity contribution is -0.132. The number of carbonyl (C=O) groups is 1. The van der Waals surface area contributed by atoms with Crippen molar-refractivity contribution in [1.82, 2.24) is 19.4 Å². The van der Waals surface area contributed by atoms with Crippen LogP contribution in [0.15, 0.2) is 0 Å². The van der Waals surface area contributed by atoms with E-state index in [2.05, 4.69) is 5.32 Å². The summed E-state index contributed by atoms with van der Waals surface area (Å²) in [4.78, 5) is 16.2. The molecule has 0 saturated carbocycles.